The number of hydrogen-bond donors (Lipinski definition) is 0. The highest BCUT2D eigenvalue weighted by molar-refractivity contribution is 5.83. The SMILES string of the molecule is CC1(C)c2ccccc2-c2cc3c(cc21)Oc1ccc(-c2ccc(-c4nc(-c5ccccc5)nc(-c5ccccc5)n4)cc2)cc1O3. The highest BCUT2D eigenvalue weighted by atomic mass is 16.6. The summed E-state index contributed by atoms with van der Waals surface area (Å²) in [5, 5.41) is 0. The summed E-state index contributed by atoms with van der Waals surface area (Å²) in [6, 6.07) is 47.3. The van der Waals surface area contributed by atoms with Crippen LogP contribution >= 0.6 is 0 Å². The lowest BCUT2D eigenvalue weighted by atomic mass is 9.82. The summed E-state index contributed by atoms with van der Waals surface area (Å²) < 4.78 is 12.9. The van der Waals surface area contributed by atoms with E-state index >= 15 is 0 Å². The molecule has 7 aromatic rings. The maximum absolute atomic E-state index is 6.50. The quantitative estimate of drug-likeness (QED) is 0.199. The average Bonchev–Trinajstić information content (AvgIpc) is 3.35. The van der Waals surface area contributed by atoms with Gasteiger partial charge in [0, 0.05) is 22.1 Å². The molecule has 0 unspecified atom stereocenters. The Bertz CT molecular complexity index is 2260. The largest absolute Gasteiger partial charge is 0.450 e. The van der Waals surface area contributed by atoms with Gasteiger partial charge in [0.05, 0.1) is 0 Å². The molecule has 0 fully saturated rings. The third kappa shape index (κ3) is 4.59. The number of ether oxygens (including phenoxy) is 2. The summed E-state index contributed by atoms with van der Waals surface area (Å²) in [7, 11) is 0. The van der Waals surface area contributed by atoms with Crippen LogP contribution < -0.4 is 9.47 Å². The molecule has 0 atom stereocenters. The Balaban J connectivity index is 1.04. The van der Waals surface area contributed by atoms with Crippen molar-refractivity contribution in [1.29, 1.82) is 0 Å². The van der Waals surface area contributed by atoms with Gasteiger partial charge in [-0.1, -0.05) is 129 Å². The molecule has 224 valence electrons. The zero-order chi connectivity index (χ0) is 31.5. The highest BCUT2D eigenvalue weighted by Gasteiger charge is 2.37. The Morgan fingerprint density at radius 1 is 0.383 bits per heavy atom. The molecule has 1 aliphatic heterocycles. The van der Waals surface area contributed by atoms with Crippen LogP contribution in [0.1, 0.15) is 25.0 Å². The molecular weight excluding hydrogens is 578 g/mol. The van der Waals surface area contributed by atoms with Crippen molar-refractivity contribution in [2.24, 2.45) is 0 Å². The Kier molecular flexibility index (Phi) is 6.09. The van der Waals surface area contributed by atoms with Crippen molar-refractivity contribution >= 4 is 0 Å². The third-order valence-corrected chi connectivity index (χ3v) is 9.21. The third-order valence-electron chi connectivity index (χ3n) is 9.21. The fourth-order valence-electron chi connectivity index (χ4n) is 6.71. The van der Waals surface area contributed by atoms with E-state index in [1.54, 1.807) is 0 Å². The first-order valence-electron chi connectivity index (χ1n) is 15.8. The number of fused-ring (bicyclic) bond motifs is 5. The van der Waals surface area contributed by atoms with Gasteiger partial charge in [-0.25, -0.2) is 15.0 Å². The molecule has 6 aromatic carbocycles. The van der Waals surface area contributed by atoms with Crippen molar-refractivity contribution in [2.75, 3.05) is 0 Å². The van der Waals surface area contributed by atoms with Crippen molar-refractivity contribution in [3.8, 4) is 79.4 Å². The summed E-state index contributed by atoms with van der Waals surface area (Å²) in [5.41, 5.74) is 9.81. The molecule has 5 heteroatoms. The number of rotatable bonds is 4. The van der Waals surface area contributed by atoms with Gasteiger partial charge >= 0.3 is 0 Å². The minimum absolute atomic E-state index is 0.103. The van der Waals surface area contributed by atoms with Gasteiger partial charge < -0.3 is 9.47 Å². The van der Waals surface area contributed by atoms with Gasteiger partial charge in [0.1, 0.15) is 0 Å². The predicted octanol–water partition coefficient (Wildman–Crippen LogP) is 10.7. The second kappa shape index (κ2) is 10.5. The molecule has 0 saturated heterocycles. The first-order chi connectivity index (χ1) is 23.0. The van der Waals surface area contributed by atoms with E-state index in [-0.39, 0.29) is 5.41 Å². The van der Waals surface area contributed by atoms with Gasteiger partial charge in [0.2, 0.25) is 0 Å². The van der Waals surface area contributed by atoms with Gasteiger partial charge in [-0.05, 0) is 57.6 Å². The molecule has 1 aromatic heterocycles. The number of hydrogen-bond acceptors (Lipinski definition) is 5. The van der Waals surface area contributed by atoms with Crippen LogP contribution in [0.3, 0.4) is 0 Å². The molecule has 0 bridgehead atoms. The summed E-state index contributed by atoms with van der Waals surface area (Å²) in [5.74, 6) is 4.79. The normalized spacial score (nSPS) is 13.4. The summed E-state index contributed by atoms with van der Waals surface area (Å²) in [6.07, 6.45) is 0. The second-order valence-electron chi connectivity index (χ2n) is 12.5. The molecule has 0 saturated carbocycles. The van der Waals surface area contributed by atoms with E-state index in [0.717, 1.165) is 39.3 Å². The van der Waals surface area contributed by atoms with Crippen LogP contribution in [0, 0.1) is 0 Å². The van der Waals surface area contributed by atoms with Crippen molar-refractivity contribution in [1.82, 2.24) is 15.0 Å². The smallest absolute Gasteiger partial charge is 0.170 e. The zero-order valence-corrected chi connectivity index (χ0v) is 25.9. The molecule has 9 rings (SSSR count). The topological polar surface area (TPSA) is 57.1 Å². The number of benzene rings is 6. The molecule has 1 aliphatic carbocycles. The first-order valence-corrected chi connectivity index (χ1v) is 15.8. The van der Waals surface area contributed by atoms with Crippen molar-refractivity contribution in [3.05, 3.63) is 151 Å². The molecule has 47 heavy (non-hydrogen) atoms. The minimum atomic E-state index is -0.103. The Morgan fingerprint density at radius 2 is 0.872 bits per heavy atom. The highest BCUT2D eigenvalue weighted by Crippen LogP contribution is 2.55. The Morgan fingerprint density at radius 3 is 1.53 bits per heavy atom. The first kappa shape index (κ1) is 27.3. The number of aromatic nitrogens is 3. The van der Waals surface area contributed by atoms with Crippen LogP contribution in [0.2, 0.25) is 0 Å². The van der Waals surface area contributed by atoms with Gasteiger partial charge in [-0.3, -0.25) is 0 Å². The molecule has 2 heterocycles. The second-order valence-corrected chi connectivity index (χ2v) is 12.5. The predicted molar refractivity (Wildman–Crippen MR) is 186 cm³/mol. The minimum Gasteiger partial charge on any atom is -0.450 e. The maximum atomic E-state index is 6.50. The molecule has 5 nitrogen and oxygen atoms in total. The van der Waals surface area contributed by atoms with Crippen LogP contribution in [0.25, 0.3) is 56.4 Å². The Labute approximate surface area is 273 Å². The van der Waals surface area contributed by atoms with Gasteiger partial charge in [0.15, 0.2) is 40.5 Å². The lowest BCUT2D eigenvalue weighted by Gasteiger charge is -2.25. The van der Waals surface area contributed by atoms with Crippen molar-refractivity contribution < 1.29 is 9.47 Å². The lowest BCUT2D eigenvalue weighted by Crippen LogP contribution is -2.15. The van der Waals surface area contributed by atoms with Gasteiger partial charge in [-0.15, -0.1) is 0 Å². The summed E-state index contributed by atoms with van der Waals surface area (Å²) in [6.45, 7) is 4.54. The van der Waals surface area contributed by atoms with E-state index in [1.165, 1.54) is 22.3 Å². The van der Waals surface area contributed by atoms with E-state index in [2.05, 4.69) is 80.6 Å². The summed E-state index contributed by atoms with van der Waals surface area (Å²) >= 11 is 0. The van der Waals surface area contributed by atoms with Crippen LogP contribution in [-0.2, 0) is 5.41 Å². The maximum Gasteiger partial charge on any atom is 0.170 e. The lowest BCUT2D eigenvalue weighted by molar-refractivity contribution is 0.359. The van der Waals surface area contributed by atoms with Crippen molar-refractivity contribution in [3.63, 3.8) is 0 Å². The van der Waals surface area contributed by atoms with Crippen LogP contribution in [-0.4, -0.2) is 15.0 Å². The van der Waals surface area contributed by atoms with E-state index in [9.17, 15) is 0 Å². The van der Waals surface area contributed by atoms with Crippen LogP contribution in [0.5, 0.6) is 23.0 Å². The molecule has 2 aliphatic rings. The standard InChI is InChI=1S/C42H29N3O2/c1-42(2)33-16-10-9-15-31(33)32-24-37-38(25-34(32)42)46-35-22-21-30(23-36(35)47-37)26-17-19-29(20-18-26)41-44-39(27-11-5-3-6-12-27)43-40(45-41)28-13-7-4-8-14-28/h3-25H,1-2H3. The van der Waals surface area contributed by atoms with Gasteiger partial charge in [0.25, 0.3) is 0 Å². The fourth-order valence-corrected chi connectivity index (χ4v) is 6.71. The fraction of sp³-hybridized carbons (Fsp3) is 0.0714. The monoisotopic (exact) mass is 607 g/mol. The zero-order valence-electron chi connectivity index (χ0n) is 25.9. The molecule has 0 amide bonds. The molecular formula is C42H29N3O2. The average molecular weight is 608 g/mol. The van der Waals surface area contributed by atoms with Crippen LogP contribution in [0.4, 0.5) is 0 Å². The molecule has 0 spiro atoms. The summed E-state index contributed by atoms with van der Waals surface area (Å²) in [4.78, 5) is 14.6. The van der Waals surface area contributed by atoms with Crippen molar-refractivity contribution in [2.45, 2.75) is 19.3 Å². The van der Waals surface area contributed by atoms with E-state index in [4.69, 9.17) is 24.4 Å². The van der Waals surface area contributed by atoms with Crippen LogP contribution in [0.15, 0.2) is 140 Å². The van der Waals surface area contributed by atoms with Gasteiger partial charge in [-0.2, -0.15) is 0 Å². The van der Waals surface area contributed by atoms with E-state index in [1.807, 2.05) is 72.8 Å². The number of nitrogens with zero attached hydrogens (tertiary/aromatic N) is 3. The molecule has 0 radical (unpaired) electrons. The Hall–Kier alpha value is -6.07. The van der Waals surface area contributed by atoms with E-state index < -0.39 is 0 Å². The van der Waals surface area contributed by atoms with E-state index in [0.29, 0.717) is 29.0 Å². The molecule has 0 N–H and O–H groups in total.